The lowest BCUT2D eigenvalue weighted by Gasteiger charge is -2.37. The van der Waals surface area contributed by atoms with Crippen LogP contribution in [0.25, 0.3) is 0 Å². The van der Waals surface area contributed by atoms with Gasteiger partial charge in [-0.15, -0.1) is 0 Å². The maximum atomic E-state index is 12.4. The van der Waals surface area contributed by atoms with Crippen molar-refractivity contribution < 1.29 is 8.42 Å². The molecule has 0 aromatic heterocycles. The summed E-state index contributed by atoms with van der Waals surface area (Å²) in [6.07, 6.45) is 1.99. The highest BCUT2D eigenvalue weighted by molar-refractivity contribution is 7.89. The fourth-order valence-corrected chi connectivity index (χ4v) is 3.91. The van der Waals surface area contributed by atoms with Gasteiger partial charge in [-0.05, 0) is 63.0 Å². The molecule has 1 fully saturated rings. The highest BCUT2D eigenvalue weighted by atomic mass is 32.2. The first-order valence-electron chi connectivity index (χ1n) is 7.26. The number of nitrogen functional groups attached to an aromatic ring is 1. The van der Waals surface area contributed by atoms with E-state index in [0.29, 0.717) is 12.2 Å². The van der Waals surface area contributed by atoms with Gasteiger partial charge >= 0.3 is 0 Å². The first kappa shape index (κ1) is 16.3. The van der Waals surface area contributed by atoms with Gasteiger partial charge in [0.1, 0.15) is 4.90 Å². The van der Waals surface area contributed by atoms with Crippen molar-refractivity contribution in [3.05, 3.63) is 23.8 Å². The van der Waals surface area contributed by atoms with Gasteiger partial charge in [-0.3, -0.25) is 0 Å². The summed E-state index contributed by atoms with van der Waals surface area (Å²) < 4.78 is 27.6. The van der Waals surface area contributed by atoms with Crippen LogP contribution in [0.15, 0.2) is 23.1 Å². The van der Waals surface area contributed by atoms with E-state index in [0.717, 1.165) is 31.5 Å². The highest BCUT2D eigenvalue weighted by Gasteiger charge is 2.30. The second kappa shape index (κ2) is 5.94. The van der Waals surface area contributed by atoms with Crippen molar-refractivity contribution in [2.24, 2.45) is 5.41 Å². The number of hydrogen-bond donors (Lipinski definition) is 2. The molecular weight excluding hydrogens is 286 g/mol. The summed E-state index contributed by atoms with van der Waals surface area (Å²) in [6.45, 7) is 6.49. The minimum Gasteiger partial charge on any atom is -0.398 e. The molecule has 1 heterocycles. The van der Waals surface area contributed by atoms with Gasteiger partial charge in [0, 0.05) is 6.54 Å². The molecule has 0 amide bonds. The molecule has 0 atom stereocenters. The topological polar surface area (TPSA) is 75.4 Å². The minimum absolute atomic E-state index is 0.0129. The molecule has 0 saturated carbocycles. The molecule has 118 valence electrons. The molecule has 0 aliphatic carbocycles. The molecule has 1 aromatic rings. The zero-order valence-corrected chi connectivity index (χ0v) is 13.8. The molecule has 0 spiro atoms. The van der Waals surface area contributed by atoms with Gasteiger partial charge in [0.25, 0.3) is 0 Å². The smallest absolute Gasteiger partial charge is 0.242 e. The second-order valence-corrected chi connectivity index (χ2v) is 8.22. The third-order valence-electron chi connectivity index (χ3n) is 4.34. The van der Waals surface area contributed by atoms with Crippen molar-refractivity contribution in [1.82, 2.24) is 9.62 Å². The van der Waals surface area contributed by atoms with Crippen LogP contribution >= 0.6 is 0 Å². The van der Waals surface area contributed by atoms with E-state index >= 15 is 0 Å². The van der Waals surface area contributed by atoms with Crippen LogP contribution < -0.4 is 10.5 Å². The SMILES string of the molecule is Cc1ccc(S(=O)(=O)NCC2(C)CCN(C)CC2)c(N)c1. The third-order valence-corrected chi connectivity index (χ3v) is 5.81. The van der Waals surface area contributed by atoms with Crippen molar-refractivity contribution in [1.29, 1.82) is 0 Å². The van der Waals surface area contributed by atoms with Crippen LogP contribution in [0.5, 0.6) is 0 Å². The predicted molar refractivity (Wildman–Crippen MR) is 85.6 cm³/mol. The summed E-state index contributed by atoms with van der Waals surface area (Å²) in [6, 6.07) is 5.03. The Morgan fingerprint density at radius 2 is 1.95 bits per heavy atom. The highest BCUT2D eigenvalue weighted by Crippen LogP contribution is 2.30. The standard InChI is InChI=1S/C15H25N3O2S/c1-12-4-5-14(13(16)10-12)21(19,20)17-11-15(2)6-8-18(3)9-7-15/h4-5,10,17H,6-9,11,16H2,1-3H3. The maximum Gasteiger partial charge on any atom is 0.242 e. The van der Waals surface area contributed by atoms with E-state index in [1.54, 1.807) is 18.2 Å². The van der Waals surface area contributed by atoms with Crippen molar-refractivity contribution in [3.8, 4) is 0 Å². The Bertz CT molecular complexity index is 605. The number of rotatable bonds is 4. The van der Waals surface area contributed by atoms with Gasteiger partial charge in [0.2, 0.25) is 10.0 Å². The average Bonchev–Trinajstić information content (AvgIpc) is 2.40. The normalized spacial score (nSPS) is 19.6. The van der Waals surface area contributed by atoms with Crippen LogP contribution in [0.2, 0.25) is 0 Å². The third kappa shape index (κ3) is 3.96. The molecule has 5 nitrogen and oxygen atoms in total. The van der Waals surface area contributed by atoms with Gasteiger partial charge in [0.05, 0.1) is 5.69 Å². The number of nitrogens with one attached hydrogen (secondary N) is 1. The van der Waals surface area contributed by atoms with E-state index in [-0.39, 0.29) is 10.3 Å². The second-order valence-electron chi connectivity index (χ2n) is 6.48. The van der Waals surface area contributed by atoms with Crippen LogP contribution in [-0.2, 0) is 10.0 Å². The first-order valence-corrected chi connectivity index (χ1v) is 8.75. The van der Waals surface area contributed by atoms with Gasteiger partial charge in [-0.2, -0.15) is 0 Å². The van der Waals surface area contributed by atoms with E-state index in [2.05, 4.69) is 23.6 Å². The van der Waals surface area contributed by atoms with Crippen LogP contribution in [0.4, 0.5) is 5.69 Å². The number of sulfonamides is 1. The maximum absolute atomic E-state index is 12.4. The van der Waals surface area contributed by atoms with Gasteiger partial charge in [-0.25, -0.2) is 13.1 Å². The molecule has 2 rings (SSSR count). The van der Waals surface area contributed by atoms with Crippen LogP contribution in [0, 0.1) is 12.3 Å². The summed E-state index contributed by atoms with van der Waals surface area (Å²) in [7, 11) is -1.45. The summed E-state index contributed by atoms with van der Waals surface area (Å²) in [4.78, 5) is 2.44. The quantitative estimate of drug-likeness (QED) is 0.828. The lowest BCUT2D eigenvalue weighted by molar-refractivity contribution is 0.143. The number of nitrogens with zero attached hydrogens (tertiary/aromatic N) is 1. The van der Waals surface area contributed by atoms with Crippen molar-refractivity contribution >= 4 is 15.7 Å². The van der Waals surface area contributed by atoms with E-state index in [1.807, 2.05) is 6.92 Å². The molecular formula is C15H25N3O2S. The summed E-state index contributed by atoms with van der Waals surface area (Å²) in [5, 5.41) is 0. The molecule has 0 radical (unpaired) electrons. The molecule has 1 saturated heterocycles. The monoisotopic (exact) mass is 311 g/mol. The van der Waals surface area contributed by atoms with E-state index < -0.39 is 10.0 Å². The number of likely N-dealkylation sites (tertiary alicyclic amines) is 1. The van der Waals surface area contributed by atoms with Crippen molar-refractivity contribution in [2.75, 3.05) is 32.4 Å². The molecule has 1 aliphatic rings. The minimum atomic E-state index is -3.55. The van der Waals surface area contributed by atoms with Gasteiger partial charge < -0.3 is 10.6 Å². The zero-order valence-electron chi connectivity index (χ0n) is 13.0. The Morgan fingerprint density at radius 3 is 2.52 bits per heavy atom. The Labute approximate surface area is 127 Å². The largest absolute Gasteiger partial charge is 0.398 e. The molecule has 1 aromatic carbocycles. The van der Waals surface area contributed by atoms with Crippen LogP contribution in [0.3, 0.4) is 0 Å². The Kier molecular flexibility index (Phi) is 4.60. The van der Waals surface area contributed by atoms with Crippen LogP contribution in [-0.4, -0.2) is 40.0 Å². The number of benzene rings is 1. The molecule has 6 heteroatoms. The number of anilines is 1. The number of aryl methyl sites for hydroxylation is 1. The fourth-order valence-electron chi connectivity index (χ4n) is 2.59. The lowest BCUT2D eigenvalue weighted by Crippen LogP contribution is -2.43. The molecule has 3 N–H and O–H groups in total. The molecule has 21 heavy (non-hydrogen) atoms. The Balaban J connectivity index is 2.08. The Hall–Kier alpha value is -1.11. The van der Waals surface area contributed by atoms with Crippen molar-refractivity contribution in [2.45, 2.75) is 31.6 Å². The summed E-state index contributed by atoms with van der Waals surface area (Å²) >= 11 is 0. The predicted octanol–water partition coefficient (Wildman–Crippen LogP) is 1.59. The van der Waals surface area contributed by atoms with E-state index in [9.17, 15) is 8.42 Å². The lowest BCUT2D eigenvalue weighted by atomic mass is 9.81. The Morgan fingerprint density at radius 1 is 1.33 bits per heavy atom. The van der Waals surface area contributed by atoms with Gasteiger partial charge in [-0.1, -0.05) is 13.0 Å². The van der Waals surface area contributed by atoms with Gasteiger partial charge in [0.15, 0.2) is 0 Å². The fraction of sp³-hybridized carbons (Fsp3) is 0.600. The van der Waals surface area contributed by atoms with E-state index in [1.165, 1.54) is 0 Å². The average molecular weight is 311 g/mol. The summed E-state index contributed by atoms with van der Waals surface area (Å²) in [5.74, 6) is 0. The molecule has 1 aliphatic heterocycles. The molecule has 0 unspecified atom stereocenters. The number of nitrogens with two attached hydrogens (primary N) is 1. The summed E-state index contributed by atoms with van der Waals surface area (Å²) in [5.41, 5.74) is 7.11. The van der Waals surface area contributed by atoms with Crippen LogP contribution in [0.1, 0.15) is 25.3 Å². The number of piperidine rings is 1. The number of hydrogen-bond acceptors (Lipinski definition) is 4. The van der Waals surface area contributed by atoms with Crippen molar-refractivity contribution in [3.63, 3.8) is 0 Å². The zero-order chi connectivity index (χ0) is 15.7. The first-order chi connectivity index (χ1) is 9.72. The molecule has 0 bridgehead atoms. The van der Waals surface area contributed by atoms with E-state index in [4.69, 9.17) is 5.73 Å².